The summed E-state index contributed by atoms with van der Waals surface area (Å²) in [6, 6.07) is 7.37. The molecule has 0 aliphatic carbocycles. The van der Waals surface area contributed by atoms with Crippen molar-refractivity contribution in [3.8, 4) is 0 Å². The zero-order chi connectivity index (χ0) is 11.7. The maximum absolute atomic E-state index is 11.1. The van der Waals surface area contributed by atoms with Crippen LogP contribution in [0.3, 0.4) is 0 Å². The molecular weight excluding hydrogens is 272 g/mol. The highest BCUT2D eigenvalue weighted by molar-refractivity contribution is 9.09. The predicted molar refractivity (Wildman–Crippen MR) is 65.1 cm³/mol. The van der Waals surface area contributed by atoms with E-state index in [-0.39, 0.29) is 10.6 Å². The van der Waals surface area contributed by atoms with E-state index in [1.54, 1.807) is 6.07 Å². The molecule has 0 amide bonds. The molecule has 16 heavy (non-hydrogen) atoms. The van der Waals surface area contributed by atoms with Crippen molar-refractivity contribution in [2.45, 2.75) is 18.2 Å². The maximum atomic E-state index is 11.1. The van der Waals surface area contributed by atoms with Gasteiger partial charge in [0.1, 0.15) is 5.58 Å². The molecule has 84 valence electrons. The Morgan fingerprint density at radius 3 is 2.81 bits per heavy atom. The summed E-state index contributed by atoms with van der Waals surface area (Å²) >= 11 is 3.48. The third-order valence-electron chi connectivity index (χ3n) is 2.50. The smallest absolute Gasteiger partial charge is 0.372 e. The number of benzene rings is 1. The Morgan fingerprint density at radius 1 is 1.50 bits per heavy atom. The Kier molecular flexibility index (Phi) is 3.01. The van der Waals surface area contributed by atoms with Crippen molar-refractivity contribution in [3.63, 3.8) is 0 Å². The average molecular weight is 283 g/mol. The number of aromatic carboxylic acids is 1. The van der Waals surface area contributed by atoms with Crippen molar-refractivity contribution in [2.75, 3.05) is 0 Å². The summed E-state index contributed by atoms with van der Waals surface area (Å²) in [6.45, 7) is 1.99. The molecular formula is C12H11BrO3. The number of carboxylic acid groups (broad SMARTS) is 1. The van der Waals surface area contributed by atoms with Gasteiger partial charge in [0.2, 0.25) is 5.76 Å². The van der Waals surface area contributed by atoms with Gasteiger partial charge >= 0.3 is 5.97 Å². The Labute approximate surface area is 101 Å². The van der Waals surface area contributed by atoms with E-state index in [1.165, 1.54) is 0 Å². The number of halogens is 1. The van der Waals surface area contributed by atoms with Crippen LogP contribution < -0.4 is 0 Å². The van der Waals surface area contributed by atoms with Gasteiger partial charge < -0.3 is 9.52 Å². The second kappa shape index (κ2) is 4.29. The standard InChI is InChI=1S/C12H11BrO3/c1-2-8(13)10-7-5-3-4-6-9(7)16-11(10)12(14)15/h3-6,8H,2H2,1H3,(H,14,15). The van der Waals surface area contributed by atoms with Crippen LogP contribution in [0.2, 0.25) is 0 Å². The number of carboxylic acids is 1. The topological polar surface area (TPSA) is 50.4 Å². The third kappa shape index (κ3) is 1.73. The number of carbonyl (C=O) groups is 1. The van der Waals surface area contributed by atoms with E-state index in [0.717, 1.165) is 17.4 Å². The van der Waals surface area contributed by atoms with Crippen molar-refractivity contribution in [3.05, 3.63) is 35.6 Å². The lowest BCUT2D eigenvalue weighted by Crippen LogP contribution is -2.00. The van der Waals surface area contributed by atoms with E-state index in [0.29, 0.717) is 5.58 Å². The molecule has 1 atom stereocenters. The quantitative estimate of drug-likeness (QED) is 0.867. The number of furan rings is 1. The fourth-order valence-corrected chi connectivity index (χ4v) is 2.19. The molecule has 1 heterocycles. The maximum Gasteiger partial charge on any atom is 0.372 e. The lowest BCUT2D eigenvalue weighted by Gasteiger charge is -2.05. The van der Waals surface area contributed by atoms with Crippen molar-refractivity contribution >= 4 is 32.9 Å². The second-order valence-corrected chi connectivity index (χ2v) is 4.63. The van der Waals surface area contributed by atoms with Crippen molar-refractivity contribution in [2.24, 2.45) is 0 Å². The van der Waals surface area contributed by atoms with Crippen LogP contribution in [-0.2, 0) is 0 Å². The Hall–Kier alpha value is -1.29. The lowest BCUT2D eigenvalue weighted by atomic mass is 10.1. The zero-order valence-electron chi connectivity index (χ0n) is 8.74. The number of alkyl halides is 1. The van der Waals surface area contributed by atoms with Crippen LogP contribution in [0.15, 0.2) is 28.7 Å². The highest BCUT2D eigenvalue weighted by atomic mass is 79.9. The Bertz CT molecular complexity index is 530. The van der Waals surface area contributed by atoms with Gasteiger partial charge in [0.05, 0.1) is 0 Å². The minimum Gasteiger partial charge on any atom is -0.475 e. The normalized spacial score (nSPS) is 12.9. The van der Waals surface area contributed by atoms with Crippen LogP contribution in [0, 0.1) is 0 Å². The molecule has 1 aromatic carbocycles. The van der Waals surface area contributed by atoms with E-state index in [4.69, 9.17) is 9.52 Å². The number of fused-ring (bicyclic) bond motifs is 1. The molecule has 0 saturated heterocycles. The van der Waals surface area contributed by atoms with Gasteiger partial charge in [-0.2, -0.15) is 0 Å². The zero-order valence-corrected chi connectivity index (χ0v) is 10.3. The average Bonchev–Trinajstić information content (AvgIpc) is 2.67. The Morgan fingerprint density at radius 2 is 2.19 bits per heavy atom. The molecule has 1 N–H and O–H groups in total. The lowest BCUT2D eigenvalue weighted by molar-refractivity contribution is 0.0663. The highest BCUT2D eigenvalue weighted by Gasteiger charge is 2.23. The molecule has 2 aromatic rings. The van der Waals surface area contributed by atoms with Crippen LogP contribution in [0.4, 0.5) is 0 Å². The number of hydrogen-bond acceptors (Lipinski definition) is 2. The molecule has 3 nitrogen and oxygen atoms in total. The van der Waals surface area contributed by atoms with E-state index >= 15 is 0 Å². The second-order valence-electron chi connectivity index (χ2n) is 3.52. The number of rotatable bonds is 3. The van der Waals surface area contributed by atoms with Gasteiger partial charge in [0.25, 0.3) is 0 Å². The molecule has 4 heteroatoms. The predicted octanol–water partition coefficient (Wildman–Crippen LogP) is 3.98. The minimum absolute atomic E-state index is 0.00208. The van der Waals surface area contributed by atoms with E-state index in [9.17, 15) is 4.79 Å². The largest absolute Gasteiger partial charge is 0.475 e. The van der Waals surface area contributed by atoms with Gasteiger partial charge in [-0.05, 0) is 12.5 Å². The Balaban J connectivity index is 2.74. The number of para-hydroxylation sites is 1. The van der Waals surface area contributed by atoms with Crippen molar-refractivity contribution < 1.29 is 14.3 Å². The first kappa shape index (κ1) is 11.2. The first-order chi connectivity index (χ1) is 7.65. The summed E-state index contributed by atoms with van der Waals surface area (Å²) in [4.78, 5) is 11.1. The van der Waals surface area contributed by atoms with Gasteiger partial charge in [0.15, 0.2) is 0 Å². The summed E-state index contributed by atoms with van der Waals surface area (Å²) < 4.78 is 5.35. The first-order valence-electron chi connectivity index (χ1n) is 5.04. The number of hydrogen-bond donors (Lipinski definition) is 1. The fourth-order valence-electron chi connectivity index (χ4n) is 1.74. The first-order valence-corrected chi connectivity index (χ1v) is 5.95. The molecule has 0 fully saturated rings. The van der Waals surface area contributed by atoms with Crippen molar-refractivity contribution in [1.82, 2.24) is 0 Å². The van der Waals surface area contributed by atoms with Crippen LogP contribution in [0.25, 0.3) is 11.0 Å². The van der Waals surface area contributed by atoms with Gasteiger partial charge in [-0.25, -0.2) is 4.79 Å². The van der Waals surface area contributed by atoms with E-state index < -0.39 is 5.97 Å². The summed E-state index contributed by atoms with van der Waals surface area (Å²) in [5.74, 6) is -0.992. The van der Waals surface area contributed by atoms with Gasteiger partial charge in [-0.3, -0.25) is 0 Å². The third-order valence-corrected chi connectivity index (χ3v) is 3.61. The summed E-state index contributed by atoms with van der Waals surface area (Å²) in [5, 5.41) is 9.96. The van der Waals surface area contributed by atoms with E-state index in [1.807, 2.05) is 25.1 Å². The van der Waals surface area contributed by atoms with Crippen LogP contribution in [-0.4, -0.2) is 11.1 Å². The molecule has 1 aromatic heterocycles. The molecule has 1 unspecified atom stereocenters. The van der Waals surface area contributed by atoms with Gasteiger partial charge in [-0.1, -0.05) is 41.1 Å². The summed E-state index contributed by atoms with van der Waals surface area (Å²) in [7, 11) is 0. The minimum atomic E-state index is -1.02. The van der Waals surface area contributed by atoms with Crippen LogP contribution >= 0.6 is 15.9 Å². The van der Waals surface area contributed by atoms with E-state index in [2.05, 4.69) is 15.9 Å². The van der Waals surface area contributed by atoms with Crippen molar-refractivity contribution in [1.29, 1.82) is 0 Å². The fraction of sp³-hybridized carbons (Fsp3) is 0.250. The molecule has 0 bridgehead atoms. The monoisotopic (exact) mass is 282 g/mol. The molecule has 2 rings (SSSR count). The summed E-state index contributed by atoms with van der Waals surface area (Å²) in [6.07, 6.45) is 0.809. The molecule has 0 spiro atoms. The van der Waals surface area contributed by atoms with Gasteiger partial charge in [-0.15, -0.1) is 0 Å². The molecule has 0 saturated carbocycles. The molecule has 0 aliphatic heterocycles. The molecule has 0 radical (unpaired) electrons. The van der Waals surface area contributed by atoms with Crippen LogP contribution in [0.5, 0.6) is 0 Å². The highest BCUT2D eigenvalue weighted by Crippen LogP contribution is 2.36. The molecule has 0 aliphatic rings. The SMILES string of the molecule is CCC(Br)c1c(C(=O)O)oc2ccccc12. The van der Waals surface area contributed by atoms with Crippen LogP contribution in [0.1, 0.15) is 34.3 Å². The summed E-state index contributed by atoms with van der Waals surface area (Å²) in [5.41, 5.74) is 1.35. The van der Waals surface area contributed by atoms with Gasteiger partial charge in [0, 0.05) is 15.8 Å².